The molecule has 2 heterocycles. The Bertz CT molecular complexity index is 422. The van der Waals surface area contributed by atoms with Crippen molar-refractivity contribution in [1.29, 1.82) is 0 Å². The van der Waals surface area contributed by atoms with Crippen LogP contribution < -0.4 is 5.73 Å². The number of hydrogen-bond acceptors (Lipinski definition) is 4. The normalized spacial score (nSPS) is 10.2. The summed E-state index contributed by atoms with van der Waals surface area (Å²) >= 11 is 1.69. The molecule has 0 saturated carbocycles. The van der Waals surface area contributed by atoms with Crippen molar-refractivity contribution in [1.82, 2.24) is 9.97 Å². The van der Waals surface area contributed by atoms with Gasteiger partial charge < -0.3 is 5.73 Å². The lowest BCUT2D eigenvalue weighted by Crippen LogP contribution is -1.92. The molecule has 13 heavy (non-hydrogen) atoms. The molecular formula is C9H9N3S. The molecule has 2 N–H and O–H groups in total. The highest BCUT2D eigenvalue weighted by Crippen LogP contribution is 2.25. The highest BCUT2D eigenvalue weighted by atomic mass is 32.1. The monoisotopic (exact) mass is 191 g/mol. The minimum absolute atomic E-state index is 0.462. The van der Waals surface area contributed by atoms with E-state index in [4.69, 9.17) is 5.73 Å². The zero-order valence-corrected chi connectivity index (χ0v) is 8.01. The van der Waals surface area contributed by atoms with Crippen LogP contribution in [0.3, 0.4) is 0 Å². The van der Waals surface area contributed by atoms with Crippen molar-refractivity contribution in [2.24, 2.45) is 0 Å². The molecule has 0 spiro atoms. The van der Waals surface area contributed by atoms with E-state index in [2.05, 4.69) is 23.0 Å². The van der Waals surface area contributed by atoms with Crippen molar-refractivity contribution in [3.05, 3.63) is 29.4 Å². The summed E-state index contributed by atoms with van der Waals surface area (Å²) in [5.74, 6) is 0.462. The number of anilines is 1. The first-order valence-corrected chi connectivity index (χ1v) is 4.72. The average Bonchev–Trinajstić information content (AvgIpc) is 2.52. The van der Waals surface area contributed by atoms with Crippen LogP contribution in [0.25, 0.3) is 10.6 Å². The maximum absolute atomic E-state index is 5.53. The Morgan fingerprint density at radius 2 is 2.15 bits per heavy atom. The molecule has 3 nitrogen and oxygen atoms in total. The number of rotatable bonds is 1. The number of hydrogen-bond donors (Lipinski definition) is 1. The molecule has 2 aromatic rings. The summed E-state index contributed by atoms with van der Waals surface area (Å²) in [6.07, 6.45) is 3.27. The van der Waals surface area contributed by atoms with E-state index in [-0.39, 0.29) is 0 Å². The van der Waals surface area contributed by atoms with Gasteiger partial charge in [0.05, 0.1) is 17.3 Å². The van der Waals surface area contributed by atoms with E-state index < -0.39 is 0 Å². The quantitative estimate of drug-likeness (QED) is 0.751. The van der Waals surface area contributed by atoms with Crippen molar-refractivity contribution >= 4 is 17.2 Å². The molecule has 66 valence electrons. The molecule has 0 aliphatic carbocycles. The van der Waals surface area contributed by atoms with E-state index in [0.29, 0.717) is 5.82 Å². The number of nitrogen functional groups attached to an aromatic ring is 1. The molecule has 0 aliphatic heterocycles. The Hall–Kier alpha value is -1.42. The van der Waals surface area contributed by atoms with Crippen LogP contribution in [0.2, 0.25) is 0 Å². The molecule has 0 aromatic carbocycles. The molecule has 0 fully saturated rings. The third-order valence-electron chi connectivity index (χ3n) is 1.65. The average molecular weight is 191 g/mol. The summed E-state index contributed by atoms with van der Waals surface area (Å²) in [7, 11) is 0. The standard InChI is InChI=1S/C9H9N3S/c1-6-2-3-8(13-6)7-4-11-5-9(10)12-7/h2-5H,1H3,(H2,10,12). The second-order valence-electron chi connectivity index (χ2n) is 2.74. The lowest BCUT2D eigenvalue weighted by molar-refractivity contribution is 1.22. The smallest absolute Gasteiger partial charge is 0.142 e. The van der Waals surface area contributed by atoms with Gasteiger partial charge in [-0.2, -0.15) is 0 Å². The van der Waals surface area contributed by atoms with Gasteiger partial charge in [0, 0.05) is 4.88 Å². The van der Waals surface area contributed by atoms with Gasteiger partial charge in [0.2, 0.25) is 0 Å². The number of nitrogens with two attached hydrogens (primary N) is 1. The Morgan fingerprint density at radius 3 is 2.77 bits per heavy atom. The lowest BCUT2D eigenvalue weighted by Gasteiger charge is -1.95. The number of thiophene rings is 1. The van der Waals surface area contributed by atoms with E-state index in [1.165, 1.54) is 4.88 Å². The van der Waals surface area contributed by atoms with E-state index in [1.54, 1.807) is 23.7 Å². The van der Waals surface area contributed by atoms with E-state index in [9.17, 15) is 0 Å². The molecular weight excluding hydrogens is 182 g/mol. The van der Waals surface area contributed by atoms with E-state index in [0.717, 1.165) is 10.6 Å². The van der Waals surface area contributed by atoms with Crippen molar-refractivity contribution in [3.63, 3.8) is 0 Å². The minimum atomic E-state index is 0.462. The van der Waals surface area contributed by atoms with Gasteiger partial charge in [-0.25, -0.2) is 4.98 Å². The van der Waals surface area contributed by atoms with Crippen LogP contribution in [0, 0.1) is 6.92 Å². The SMILES string of the molecule is Cc1ccc(-c2cncc(N)n2)s1. The summed E-state index contributed by atoms with van der Waals surface area (Å²) in [5, 5.41) is 0. The Morgan fingerprint density at radius 1 is 1.31 bits per heavy atom. The second kappa shape index (κ2) is 3.14. The molecule has 2 aromatic heterocycles. The van der Waals surface area contributed by atoms with Crippen LogP contribution in [0.5, 0.6) is 0 Å². The van der Waals surface area contributed by atoms with Gasteiger partial charge >= 0.3 is 0 Å². The van der Waals surface area contributed by atoms with Crippen LogP contribution in [-0.2, 0) is 0 Å². The topological polar surface area (TPSA) is 51.8 Å². The molecule has 0 saturated heterocycles. The first kappa shape index (κ1) is 8.19. The third-order valence-corrected chi connectivity index (χ3v) is 2.67. The zero-order valence-electron chi connectivity index (χ0n) is 7.19. The fourth-order valence-corrected chi connectivity index (χ4v) is 1.89. The molecule has 0 atom stereocenters. The van der Waals surface area contributed by atoms with Gasteiger partial charge in [0.25, 0.3) is 0 Å². The fourth-order valence-electron chi connectivity index (χ4n) is 1.07. The van der Waals surface area contributed by atoms with Crippen molar-refractivity contribution in [2.45, 2.75) is 6.92 Å². The molecule has 0 amide bonds. The predicted octanol–water partition coefficient (Wildman–Crippen LogP) is 2.10. The molecule has 0 aliphatic rings. The minimum Gasteiger partial charge on any atom is -0.382 e. The van der Waals surface area contributed by atoms with E-state index in [1.807, 2.05) is 6.07 Å². The van der Waals surface area contributed by atoms with Crippen LogP contribution >= 0.6 is 11.3 Å². The van der Waals surface area contributed by atoms with Crippen molar-refractivity contribution in [2.75, 3.05) is 5.73 Å². The Labute approximate surface area is 80.3 Å². The van der Waals surface area contributed by atoms with Gasteiger partial charge in [-0.1, -0.05) is 0 Å². The largest absolute Gasteiger partial charge is 0.382 e. The number of aryl methyl sites for hydroxylation is 1. The second-order valence-corrected chi connectivity index (χ2v) is 4.03. The van der Waals surface area contributed by atoms with Crippen molar-refractivity contribution in [3.8, 4) is 10.6 Å². The molecule has 2 rings (SSSR count). The third kappa shape index (κ3) is 1.67. The van der Waals surface area contributed by atoms with Crippen LogP contribution in [0.4, 0.5) is 5.82 Å². The molecule has 0 bridgehead atoms. The first-order chi connectivity index (χ1) is 6.25. The van der Waals surface area contributed by atoms with Gasteiger partial charge in [-0.3, -0.25) is 4.98 Å². The van der Waals surface area contributed by atoms with Crippen LogP contribution in [0.1, 0.15) is 4.88 Å². The molecule has 0 radical (unpaired) electrons. The summed E-state index contributed by atoms with van der Waals surface area (Å²) in [4.78, 5) is 10.5. The summed E-state index contributed by atoms with van der Waals surface area (Å²) in [6.45, 7) is 2.06. The Balaban J connectivity index is 2.46. The van der Waals surface area contributed by atoms with Crippen LogP contribution in [-0.4, -0.2) is 9.97 Å². The summed E-state index contributed by atoms with van der Waals surface area (Å²) in [6, 6.07) is 4.09. The number of nitrogens with zero attached hydrogens (tertiary/aromatic N) is 2. The summed E-state index contributed by atoms with van der Waals surface area (Å²) in [5.41, 5.74) is 6.38. The van der Waals surface area contributed by atoms with Gasteiger partial charge in [0.15, 0.2) is 0 Å². The Kier molecular flexibility index (Phi) is 1.98. The molecule has 4 heteroatoms. The fraction of sp³-hybridized carbons (Fsp3) is 0.111. The maximum atomic E-state index is 5.53. The first-order valence-electron chi connectivity index (χ1n) is 3.90. The maximum Gasteiger partial charge on any atom is 0.142 e. The molecule has 0 unspecified atom stereocenters. The summed E-state index contributed by atoms with van der Waals surface area (Å²) < 4.78 is 0. The highest BCUT2D eigenvalue weighted by Gasteiger charge is 2.02. The number of aromatic nitrogens is 2. The van der Waals surface area contributed by atoms with Gasteiger partial charge in [-0.15, -0.1) is 11.3 Å². The predicted molar refractivity (Wildman–Crippen MR) is 54.5 cm³/mol. The van der Waals surface area contributed by atoms with Crippen molar-refractivity contribution < 1.29 is 0 Å². The highest BCUT2D eigenvalue weighted by molar-refractivity contribution is 7.15. The lowest BCUT2D eigenvalue weighted by atomic mass is 10.3. The van der Waals surface area contributed by atoms with Crippen LogP contribution in [0.15, 0.2) is 24.5 Å². The van der Waals surface area contributed by atoms with Gasteiger partial charge in [-0.05, 0) is 19.1 Å². The van der Waals surface area contributed by atoms with Gasteiger partial charge in [0.1, 0.15) is 11.5 Å². The zero-order chi connectivity index (χ0) is 9.26. The van der Waals surface area contributed by atoms with E-state index >= 15 is 0 Å².